The minimum atomic E-state index is -1.10. The Morgan fingerprint density at radius 1 is 1.25 bits per heavy atom. The van der Waals surface area contributed by atoms with E-state index in [-0.39, 0.29) is 17.3 Å². The zero-order valence-electron chi connectivity index (χ0n) is 13.0. The molecule has 2 radical (unpaired) electrons. The van der Waals surface area contributed by atoms with Crippen LogP contribution in [0.15, 0.2) is 18.2 Å². The number of amides is 1. The van der Waals surface area contributed by atoms with Crippen molar-refractivity contribution in [2.45, 2.75) is 19.4 Å². The van der Waals surface area contributed by atoms with E-state index in [0.29, 0.717) is 25.1 Å². The highest BCUT2D eigenvalue weighted by Gasteiger charge is 2.32. The van der Waals surface area contributed by atoms with Gasteiger partial charge < -0.3 is 14.8 Å². The molecule has 1 aromatic heterocycles. The summed E-state index contributed by atoms with van der Waals surface area (Å²) in [5.41, 5.74) is 3.83. The van der Waals surface area contributed by atoms with E-state index in [1.54, 1.807) is 9.71 Å². The second kappa shape index (κ2) is 5.49. The number of aromatic nitrogens is 2. The van der Waals surface area contributed by atoms with Gasteiger partial charge in [-0.2, -0.15) is 5.10 Å². The van der Waals surface area contributed by atoms with Crippen LogP contribution < -0.4 is 4.90 Å². The second-order valence-electron chi connectivity index (χ2n) is 6.11. The first-order valence-corrected chi connectivity index (χ1v) is 7.78. The molecule has 3 heterocycles. The number of hydrogen-bond acceptors (Lipinski definition) is 4. The van der Waals surface area contributed by atoms with Crippen molar-refractivity contribution in [3.63, 3.8) is 0 Å². The molecule has 24 heavy (non-hydrogen) atoms. The van der Waals surface area contributed by atoms with E-state index in [0.717, 1.165) is 24.2 Å². The van der Waals surface area contributed by atoms with Crippen LogP contribution in [-0.4, -0.2) is 53.1 Å². The van der Waals surface area contributed by atoms with Crippen molar-refractivity contribution in [3.8, 4) is 0 Å². The number of nitrogens with one attached hydrogen (secondary N) is 1. The number of carboxylic acids is 1. The zero-order chi connectivity index (χ0) is 16.8. The van der Waals surface area contributed by atoms with Crippen LogP contribution in [0.1, 0.15) is 37.7 Å². The number of hydrogen-bond donors (Lipinski definition) is 2. The highest BCUT2D eigenvalue weighted by molar-refractivity contribution is 6.08. The Morgan fingerprint density at radius 3 is 2.88 bits per heavy atom. The van der Waals surface area contributed by atoms with Gasteiger partial charge in [0, 0.05) is 24.3 Å². The summed E-state index contributed by atoms with van der Waals surface area (Å²) >= 11 is 0. The Balaban J connectivity index is 1.67. The first kappa shape index (κ1) is 15.0. The summed E-state index contributed by atoms with van der Waals surface area (Å²) in [6.07, 6.45) is 1.35. The molecule has 8 heteroatoms. The average molecular weight is 322 g/mol. The Hall–Kier alpha value is -2.61. The smallest absolute Gasteiger partial charge is 0.354 e. The van der Waals surface area contributed by atoms with E-state index < -0.39 is 5.97 Å². The summed E-state index contributed by atoms with van der Waals surface area (Å²) in [5, 5.41) is 15.5. The number of carboxylic acid groups (broad SMARTS) is 1. The van der Waals surface area contributed by atoms with E-state index in [9.17, 15) is 9.59 Å². The molecule has 2 aromatic rings. The summed E-state index contributed by atoms with van der Waals surface area (Å²) in [6.45, 7) is 1.91. The number of fused-ring (bicyclic) bond motifs is 2. The third-order valence-corrected chi connectivity index (χ3v) is 4.66. The van der Waals surface area contributed by atoms with Gasteiger partial charge in [-0.15, -0.1) is 0 Å². The Kier molecular flexibility index (Phi) is 3.42. The molecule has 0 saturated heterocycles. The number of H-pyrrole nitrogens is 1. The Bertz CT molecular complexity index is 848. The molecule has 0 atom stereocenters. The van der Waals surface area contributed by atoms with E-state index in [1.165, 1.54) is 5.56 Å². The summed E-state index contributed by atoms with van der Waals surface area (Å²) in [7, 11) is 5.88. The minimum absolute atomic E-state index is 0.00205. The fraction of sp³-hybridized carbons (Fsp3) is 0.312. The third-order valence-electron chi connectivity index (χ3n) is 4.66. The predicted molar refractivity (Wildman–Crippen MR) is 87.2 cm³/mol. The maximum absolute atomic E-state index is 12.7. The quantitative estimate of drug-likeness (QED) is 0.797. The van der Waals surface area contributed by atoms with Crippen LogP contribution in [0.3, 0.4) is 0 Å². The number of benzene rings is 1. The van der Waals surface area contributed by atoms with Crippen LogP contribution in [0.5, 0.6) is 0 Å². The molecule has 0 spiro atoms. The molecular weight excluding hydrogens is 307 g/mol. The molecular formula is C16H15BN4O3. The lowest BCUT2D eigenvalue weighted by atomic mass is 9.96. The molecule has 4 rings (SSSR count). The van der Waals surface area contributed by atoms with E-state index in [1.807, 2.05) is 18.2 Å². The van der Waals surface area contributed by atoms with Crippen LogP contribution in [0.25, 0.3) is 0 Å². The molecule has 2 aliphatic rings. The van der Waals surface area contributed by atoms with Gasteiger partial charge in [0.1, 0.15) is 5.69 Å². The van der Waals surface area contributed by atoms with Crippen LogP contribution in [0, 0.1) is 0 Å². The summed E-state index contributed by atoms with van der Waals surface area (Å²) in [5.74, 6) is -1.37. The van der Waals surface area contributed by atoms with Gasteiger partial charge in [0.2, 0.25) is 0 Å². The summed E-state index contributed by atoms with van der Waals surface area (Å²) < 4.78 is 0. The minimum Gasteiger partial charge on any atom is -0.477 e. The van der Waals surface area contributed by atoms with Gasteiger partial charge in [-0.3, -0.25) is 9.89 Å². The summed E-state index contributed by atoms with van der Waals surface area (Å²) in [6, 6.07) is 5.95. The van der Waals surface area contributed by atoms with Crippen LogP contribution in [0.2, 0.25) is 0 Å². The number of carbonyl (C=O) groups is 2. The topological polar surface area (TPSA) is 89.5 Å². The lowest BCUT2D eigenvalue weighted by Gasteiger charge is -2.30. The first-order valence-electron chi connectivity index (χ1n) is 7.78. The molecule has 2 aliphatic heterocycles. The predicted octanol–water partition coefficient (Wildman–Crippen LogP) is 0.752. The molecule has 0 unspecified atom stereocenters. The molecule has 7 nitrogen and oxygen atoms in total. The average Bonchev–Trinajstić information content (AvgIpc) is 2.99. The van der Waals surface area contributed by atoms with Crippen molar-refractivity contribution in [1.29, 1.82) is 0 Å². The standard InChI is InChI=1S/C16H15BN4O3/c17-20-5-3-9-1-2-11(7-10(9)8-20)21-6-4-12-13(15(21)22)18-19-14(12)16(23)24/h1-2,7H,3-6,8H2,(H,18,19)(H,23,24). The van der Waals surface area contributed by atoms with E-state index in [2.05, 4.69) is 10.2 Å². The van der Waals surface area contributed by atoms with Crippen molar-refractivity contribution in [3.05, 3.63) is 46.3 Å². The number of aromatic amines is 1. The van der Waals surface area contributed by atoms with E-state index >= 15 is 0 Å². The molecule has 0 aliphatic carbocycles. The number of nitrogens with zero attached hydrogens (tertiary/aromatic N) is 3. The van der Waals surface area contributed by atoms with Gasteiger partial charge in [-0.25, -0.2) is 4.79 Å². The van der Waals surface area contributed by atoms with Gasteiger partial charge in [0.05, 0.1) is 0 Å². The lowest BCUT2D eigenvalue weighted by molar-refractivity contribution is 0.0689. The molecule has 1 aromatic carbocycles. The lowest BCUT2D eigenvalue weighted by Crippen LogP contribution is -2.38. The van der Waals surface area contributed by atoms with Crippen LogP contribution >= 0.6 is 0 Å². The number of carbonyl (C=O) groups excluding carboxylic acids is 1. The van der Waals surface area contributed by atoms with Gasteiger partial charge in [-0.1, -0.05) is 6.07 Å². The first-order chi connectivity index (χ1) is 11.5. The van der Waals surface area contributed by atoms with Crippen molar-refractivity contribution in [1.82, 2.24) is 15.0 Å². The maximum Gasteiger partial charge on any atom is 0.354 e. The highest BCUT2D eigenvalue weighted by atomic mass is 16.4. The number of rotatable bonds is 2. The highest BCUT2D eigenvalue weighted by Crippen LogP contribution is 2.28. The number of anilines is 1. The second-order valence-corrected chi connectivity index (χ2v) is 6.11. The molecule has 0 fully saturated rings. The Morgan fingerprint density at radius 2 is 2.08 bits per heavy atom. The fourth-order valence-electron chi connectivity index (χ4n) is 3.39. The summed E-state index contributed by atoms with van der Waals surface area (Å²) in [4.78, 5) is 27.3. The maximum atomic E-state index is 12.7. The SMILES string of the molecule is [B]N1CCc2ccc(N3CCc4c(n[nH]c4C(=O)O)C3=O)cc2C1. The van der Waals surface area contributed by atoms with Crippen LogP contribution in [-0.2, 0) is 19.4 Å². The molecule has 1 amide bonds. The van der Waals surface area contributed by atoms with Crippen LogP contribution in [0.4, 0.5) is 5.69 Å². The fourth-order valence-corrected chi connectivity index (χ4v) is 3.39. The van der Waals surface area contributed by atoms with Gasteiger partial charge in [0.25, 0.3) is 5.91 Å². The molecule has 0 saturated carbocycles. The van der Waals surface area contributed by atoms with Crippen molar-refractivity contribution in [2.75, 3.05) is 18.0 Å². The van der Waals surface area contributed by atoms with Crippen molar-refractivity contribution < 1.29 is 14.7 Å². The molecule has 120 valence electrons. The van der Waals surface area contributed by atoms with Gasteiger partial charge in [0.15, 0.2) is 13.7 Å². The van der Waals surface area contributed by atoms with Gasteiger partial charge in [-0.05, 0) is 42.6 Å². The molecule has 2 N–H and O–H groups in total. The normalized spacial score (nSPS) is 17.5. The van der Waals surface area contributed by atoms with E-state index in [4.69, 9.17) is 13.1 Å². The number of aromatic carboxylic acids is 1. The monoisotopic (exact) mass is 322 g/mol. The largest absolute Gasteiger partial charge is 0.477 e. The van der Waals surface area contributed by atoms with Crippen molar-refractivity contribution >= 4 is 25.5 Å². The zero-order valence-corrected chi connectivity index (χ0v) is 13.0. The van der Waals surface area contributed by atoms with Crippen molar-refractivity contribution in [2.24, 2.45) is 0 Å². The third kappa shape index (κ3) is 2.30. The Labute approximate surface area is 139 Å². The van der Waals surface area contributed by atoms with Gasteiger partial charge >= 0.3 is 5.97 Å². The molecule has 0 bridgehead atoms.